The van der Waals surface area contributed by atoms with Crippen LogP contribution in [0.15, 0.2) is 30.3 Å². The van der Waals surface area contributed by atoms with E-state index in [1.807, 2.05) is 30.3 Å². The van der Waals surface area contributed by atoms with Crippen LogP contribution in [-0.4, -0.2) is 18.0 Å². The van der Waals surface area contributed by atoms with Gasteiger partial charge >= 0.3 is 0 Å². The standard InChI is InChI=1S/C10H11NOS/c13-7-9-6-12-10(11-9)8-4-2-1-3-5-8/h1-5,7,9-11H,6H2. The summed E-state index contributed by atoms with van der Waals surface area (Å²) in [4.78, 5) is 0. The molecule has 1 aliphatic heterocycles. The Balaban J connectivity index is 2.08. The van der Waals surface area contributed by atoms with Crippen LogP contribution in [0.5, 0.6) is 0 Å². The second-order valence-electron chi connectivity index (χ2n) is 3.03. The van der Waals surface area contributed by atoms with Crippen molar-refractivity contribution in [2.45, 2.75) is 12.3 Å². The fourth-order valence-electron chi connectivity index (χ4n) is 1.39. The first-order valence-electron chi connectivity index (χ1n) is 4.28. The molecule has 0 radical (unpaired) electrons. The molecular weight excluding hydrogens is 182 g/mol. The van der Waals surface area contributed by atoms with Gasteiger partial charge in [0.1, 0.15) is 6.23 Å². The van der Waals surface area contributed by atoms with Gasteiger partial charge in [-0.25, -0.2) is 0 Å². The fourth-order valence-corrected chi connectivity index (χ4v) is 1.55. The number of benzene rings is 1. The molecule has 0 bridgehead atoms. The van der Waals surface area contributed by atoms with Crippen molar-refractivity contribution in [3.8, 4) is 0 Å². The predicted octanol–water partition coefficient (Wildman–Crippen LogP) is 1.67. The van der Waals surface area contributed by atoms with E-state index in [0.717, 1.165) is 5.56 Å². The van der Waals surface area contributed by atoms with Crippen molar-refractivity contribution < 1.29 is 4.74 Å². The molecule has 1 aromatic carbocycles. The van der Waals surface area contributed by atoms with Gasteiger partial charge in [0.15, 0.2) is 0 Å². The molecule has 2 atom stereocenters. The van der Waals surface area contributed by atoms with Gasteiger partial charge in [-0.3, -0.25) is 5.32 Å². The predicted molar refractivity (Wildman–Crippen MR) is 55.7 cm³/mol. The molecule has 1 saturated heterocycles. The molecule has 2 nitrogen and oxygen atoms in total. The Morgan fingerprint density at radius 1 is 1.38 bits per heavy atom. The Bertz CT molecular complexity index is 288. The van der Waals surface area contributed by atoms with Crippen molar-refractivity contribution in [1.29, 1.82) is 0 Å². The Morgan fingerprint density at radius 2 is 2.15 bits per heavy atom. The van der Waals surface area contributed by atoms with Crippen molar-refractivity contribution in [3.05, 3.63) is 35.9 Å². The maximum absolute atomic E-state index is 5.53. The smallest absolute Gasteiger partial charge is 0.134 e. The molecule has 0 aromatic heterocycles. The van der Waals surface area contributed by atoms with Crippen molar-refractivity contribution in [2.24, 2.45) is 0 Å². The van der Waals surface area contributed by atoms with Crippen LogP contribution in [0.3, 0.4) is 0 Å². The van der Waals surface area contributed by atoms with Gasteiger partial charge in [0.25, 0.3) is 0 Å². The van der Waals surface area contributed by atoms with Crippen LogP contribution in [0.1, 0.15) is 11.8 Å². The minimum absolute atomic E-state index is 0.00500. The first-order valence-corrected chi connectivity index (χ1v) is 4.75. The first-order chi connectivity index (χ1) is 6.40. The molecule has 3 heteroatoms. The van der Waals surface area contributed by atoms with E-state index in [-0.39, 0.29) is 12.3 Å². The highest BCUT2D eigenvalue weighted by molar-refractivity contribution is 7.79. The zero-order chi connectivity index (χ0) is 9.10. The highest BCUT2D eigenvalue weighted by Crippen LogP contribution is 2.19. The van der Waals surface area contributed by atoms with Crippen LogP contribution in [0.25, 0.3) is 0 Å². The van der Waals surface area contributed by atoms with Crippen LogP contribution in [-0.2, 0) is 4.74 Å². The third-order valence-corrected chi connectivity index (χ3v) is 2.40. The Labute approximate surface area is 82.9 Å². The van der Waals surface area contributed by atoms with Gasteiger partial charge in [-0.15, -0.1) is 0 Å². The third kappa shape index (κ3) is 1.94. The molecule has 2 unspecified atom stereocenters. The van der Waals surface area contributed by atoms with E-state index in [4.69, 9.17) is 17.0 Å². The number of hydrogen-bond acceptors (Lipinski definition) is 3. The van der Waals surface area contributed by atoms with E-state index in [9.17, 15) is 0 Å². The lowest BCUT2D eigenvalue weighted by atomic mass is 10.2. The average molecular weight is 193 g/mol. The summed E-state index contributed by atoms with van der Waals surface area (Å²) >= 11 is 4.85. The molecule has 13 heavy (non-hydrogen) atoms. The molecule has 2 rings (SSSR count). The molecule has 68 valence electrons. The second-order valence-corrected chi connectivity index (χ2v) is 3.31. The molecule has 0 spiro atoms. The summed E-state index contributed by atoms with van der Waals surface area (Å²) in [5, 5.41) is 4.99. The summed E-state index contributed by atoms with van der Waals surface area (Å²) in [6.45, 7) is 0.670. The summed E-state index contributed by atoms with van der Waals surface area (Å²) in [6, 6.07) is 10.3. The highest BCUT2D eigenvalue weighted by atomic mass is 32.1. The SMILES string of the molecule is S=CC1COC(c2ccccc2)N1. The van der Waals surface area contributed by atoms with Gasteiger partial charge in [0.2, 0.25) is 0 Å². The van der Waals surface area contributed by atoms with Gasteiger partial charge in [-0.2, -0.15) is 0 Å². The molecule has 1 N–H and O–H groups in total. The van der Waals surface area contributed by atoms with E-state index >= 15 is 0 Å². The zero-order valence-electron chi connectivity index (χ0n) is 7.14. The minimum Gasteiger partial charge on any atom is -0.357 e. The summed E-state index contributed by atoms with van der Waals surface area (Å²) < 4.78 is 5.53. The molecule has 1 fully saturated rings. The van der Waals surface area contributed by atoms with Crippen LogP contribution in [0.4, 0.5) is 0 Å². The molecule has 1 aromatic rings. The van der Waals surface area contributed by atoms with Crippen molar-refractivity contribution in [2.75, 3.05) is 6.61 Å². The maximum atomic E-state index is 5.53. The number of hydrogen-bond donors (Lipinski definition) is 1. The van der Waals surface area contributed by atoms with Crippen molar-refractivity contribution in [1.82, 2.24) is 5.32 Å². The average Bonchev–Trinajstić information content (AvgIpc) is 2.67. The third-order valence-electron chi connectivity index (χ3n) is 2.07. The lowest BCUT2D eigenvalue weighted by molar-refractivity contribution is 0.102. The van der Waals surface area contributed by atoms with E-state index in [1.54, 1.807) is 5.37 Å². The van der Waals surface area contributed by atoms with Crippen molar-refractivity contribution in [3.63, 3.8) is 0 Å². The van der Waals surface area contributed by atoms with E-state index in [0.29, 0.717) is 6.61 Å². The largest absolute Gasteiger partial charge is 0.357 e. The van der Waals surface area contributed by atoms with E-state index < -0.39 is 0 Å². The Morgan fingerprint density at radius 3 is 2.77 bits per heavy atom. The second kappa shape index (κ2) is 3.96. The Kier molecular flexibility index (Phi) is 2.68. The summed E-state index contributed by atoms with van der Waals surface area (Å²) in [5.74, 6) is 0. The monoisotopic (exact) mass is 193 g/mol. The molecule has 1 aliphatic rings. The highest BCUT2D eigenvalue weighted by Gasteiger charge is 2.23. The molecule has 1 heterocycles. The van der Waals surface area contributed by atoms with Gasteiger partial charge in [-0.1, -0.05) is 42.5 Å². The lowest BCUT2D eigenvalue weighted by Gasteiger charge is -2.09. The van der Waals surface area contributed by atoms with Crippen LogP contribution in [0, 0.1) is 0 Å². The number of thiocarbonyl (C=S) groups is 1. The van der Waals surface area contributed by atoms with Crippen molar-refractivity contribution >= 4 is 17.6 Å². The molecule has 0 saturated carbocycles. The Hall–Kier alpha value is -0.770. The maximum Gasteiger partial charge on any atom is 0.134 e. The van der Waals surface area contributed by atoms with Crippen LogP contribution >= 0.6 is 12.2 Å². The number of nitrogens with one attached hydrogen (secondary N) is 1. The van der Waals surface area contributed by atoms with Crippen LogP contribution in [0.2, 0.25) is 0 Å². The fraction of sp³-hybridized carbons (Fsp3) is 0.300. The number of ether oxygens (including phenoxy) is 1. The molecule has 0 amide bonds. The first kappa shape index (κ1) is 8.81. The van der Waals surface area contributed by atoms with Gasteiger partial charge in [-0.05, 0) is 10.9 Å². The normalized spacial score (nSPS) is 27.4. The quantitative estimate of drug-likeness (QED) is 0.722. The molecule has 0 aliphatic carbocycles. The van der Waals surface area contributed by atoms with E-state index in [1.165, 1.54) is 0 Å². The summed E-state index contributed by atoms with van der Waals surface area (Å²) in [7, 11) is 0. The van der Waals surface area contributed by atoms with Gasteiger partial charge in [0, 0.05) is 0 Å². The topological polar surface area (TPSA) is 21.3 Å². The summed E-state index contributed by atoms with van der Waals surface area (Å²) in [5.41, 5.74) is 1.15. The summed E-state index contributed by atoms with van der Waals surface area (Å²) in [6.07, 6.45) is 0.00500. The van der Waals surface area contributed by atoms with Gasteiger partial charge < -0.3 is 4.74 Å². The van der Waals surface area contributed by atoms with Crippen LogP contribution < -0.4 is 5.32 Å². The minimum atomic E-state index is 0.00500. The van der Waals surface area contributed by atoms with Gasteiger partial charge in [0.05, 0.1) is 12.6 Å². The molecular formula is C10H11NOS. The van der Waals surface area contributed by atoms with E-state index in [2.05, 4.69) is 5.32 Å². The zero-order valence-corrected chi connectivity index (χ0v) is 7.96. The number of rotatable bonds is 2. The lowest BCUT2D eigenvalue weighted by Crippen LogP contribution is -2.26.